The van der Waals surface area contributed by atoms with Crippen LogP contribution in [0, 0.1) is 5.92 Å². The molecule has 5 heteroatoms. The monoisotopic (exact) mass is 313 g/mol. The highest BCUT2D eigenvalue weighted by atomic mass is 35.5. The first-order valence-corrected chi connectivity index (χ1v) is 7.61. The quantitative estimate of drug-likeness (QED) is 0.812. The van der Waals surface area contributed by atoms with E-state index in [9.17, 15) is 9.90 Å². The van der Waals surface area contributed by atoms with Crippen molar-refractivity contribution in [2.75, 3.05) is 6.54 Å². The number of benzene rings is 1. The van der Waals surface area contributed by atoms with Crippen molar-refractivity contribution >= 4 is 17.5 Å². The Labute approximate surface area is 131 Å². The Bertz CT molecular complexity index is 475. The molecule has 118 valence electrons. The highest BCUT2D eigenvalue weighted by Gasteiger charge is 2.18. The van der Waals surface area contributed by atoms with Gasteiger partial charge >= 0.3 is 0 Å². The van der Waals surface area contributed by atoms with Crippen LogP contribution < -0.4 is 10.1 Å². The number of carbonyl (C=O) groups is 1. The normalized spacial score (nSPS) is 13.9. The number of hydrogen-bond acceptors (Lipinski definition) is 3. The number of aliphatic hydroxyl groups is 1. The molecule has 0 saturated heterocycles. The molecule has 0 bridgehead atoms. The predicted molar refractivity (Wildman–Crippen MR) is 84.6 cm³/mol. The van der Waals surface area contributed by atoms with E-state index in [1.165, 1.54) is 0 Å². The van der Waals surface area contributed by atoms with Gasteiger partial charge in [-0.2, -0.15) is 0 Å². The summed E-state index contributed by atoms with van der Waals surface area (Å²) in [6, 6.07) is 4.99. The second-order valence-corrected chi connectivity index (χ2v) is 6.03. The van der Waals surface area contributed by atoms with Gasteiger partial charge in [-0.15, -0.1) is 0 Å². The van der Waals surface area contributed by atoms with E-state index in [-0.39, 0.29) is 5.91 Å². The number of rotatable bonds is 7. The Morgan fingerprint density at radius 2 is 2.00 bits per heavy atom. The molecule has 0 saturated carbocycles. The molecule has 0 heterocycles. The van der Waals surface area contributed by atoms with Crippen LogP contribution in [0.1, 0.15) is 45.8 Å². The van der Waals surface area contributed by atoms with Crippen LogP contribution in [0.15, 0.2) is 18.2 Å². The maximum absolute atomic E-state index is 12.0. The zero-order valence-electron chi connectivity index (χ0n) is 13.0. The molecule has 4 nitrogen and oxygen atoms in total. The standard InChI is InChI=1S/C16H24ClNO3/c1-10(2)7-8-18-16(20)12(4)21-15-6-5-13(17)9-14(15)11(3)19/h5-6,9-12,19H,7-8H2,1-4H3,(H,18,20). The van der Waals surface area contributed by atoms with Crippen molar-refractivity contribution in [2.24, 2.45) is 5.92 Å². The van der Waals surface area contributed by atoms with Crippen LogP contribution in [0.2, 0.25) is 5.02 Å². The van der Waals surface area contributed by atoms with E-state index in [1.54, 1.807) is 32.0 Å². The molecule has 0 fully saturated rings. The van der Waals surface area contributed by atoms with Crippen LogP contribution in [0.5, 0.6) is 5.75 Å². The Kier molecular flexibility index (Phi) is 6.99. The molecule has 0 aromatic heterocycles. The third-order valence-corrected chi connectivity index (χ3v) is 3.35. The molecule has 0 spiro atoms. The second kappa shape index (κ2) is 8.25. The third kappa shape index (κ3) is 5.94. The first-order valence-electron chi connectivity index (χ1n) is 7.23. The third-order valence-electron chi connectivity index (χ3n) is 3.12. The van der Waals surface area contributed by atoms with Crippen molar-refractivity contribution in [3.63, 3.8) is 0 Å². The van der Waals surface area contributed by atoms with Crippen molar-refractivity contribution in [1.82, 2.24) is 5.32 Å². The van der Waals surface area contributed by atoms with Crippen LogP contribution in [-0.2, 0) is 4.79 Å². The van der Waals surface area contributed by atoms with Gasteiger partial charge < -0.3 is 15.2 Å². The first-order chi connectivity index (χ1) is 9.81. The summed E-state index contributed by atoms with van der Waals surface area (Å²) in [6.45, 7) is 8.16. The maximum Gasteiger partial charge on any atom is 0.260 e. The Hall–Kier alpha value is -1.26. The second-order valence-electron chi connectivity index (χ2n) is 5.59. The zero-order valence-corrected chi connectivity index (χ0v) is 13.8. The summed E-state index contributed by atoms with van der Waals surface area (Å²) in [4.78, 5) is 12.0. The van der Waals surface area contributed by atoms with Gasteiger partial charge in [0, 0.05) is 17.1 Å². The van der Waals surface area contributed by atoms with E-state index in [0.29, 0.717) is 28.8 Å². The fourth-order valence-electron chi connectivity index (χ4n) is 1.82. The van der Waals surface area contributed by atoms with Gasteiger partial charge in [0.25, 0.3) is 5.91 Å². The first kappa shape index (κ1) is 17.8. The van der Waals surface area contributed by atoms with Gasteiger partial charge in [-0.05, 0) is 44.4 Å². The van der Waals surface area contributed by atoms with Gasteiger partial charge in [0.15, 0.2) is 6.10 Å². The summed E-state index contributed by atoms with van der Waals surface area (Å²) >= 11 is 5.91. The molecular formula is C16H24ClNO3. The van der Waals surface area contributed by atoms with Crippen LogP contribution >= 0.6 is 11.6 Å². The molecule has 0 aliphatic carbocycles. The number of carbonyl (C=O) groups excluding carboxylic acids is 1. The summed E-state index contributed by atoms with van der Waals surface area (Å²) in [5, 5.41) is 13.1. The molecule has 0 aliphatic rings. The maximum atomic E-state index is 12.0. The smallest absolute Gasteiger partial charge is 0.260 e. The highest BCUT2D eigenvalue weighted by molar-refractivity contribution is 6.30. The fraction of sp³-hybridized carbons (Fsp3) is 0.562. The molecule has 21 heavy (non-hydrogen) atoms. The summed E-state index contributed by atoms with van der Waals surface area (Å²) in [6.07, 6.45) is -0.413. The molecule has 1 rings (SSSR count). The average Bonchev–Trinajstić information content (AvgIpc) is 2.39. The Morgan fingerprint density at radius 1 is 1.33 bits per heavy atom. The van der Waals surface area contributed by atoms with E-state index in [2.05, 4.69) is 19.2 Å². The lowest BCUT2D eigenvalue weighted by Crippen LogP contribution is -2.37. The van der Waals surface area contributed by atoms with E-state index < -0.39 is 12.2 Å². The predicted octanol–water partition coefficient (Wildman–Crippen LogP) is 3.32. The van der Waals surface area contributed by atoms with Gasteiger partial charge in [0.1, 0.15) is 5.75 Å². The number of amides is 1. The highest BCUT2D eigenvalue weighted by Crippen LogP contribution is 2.29. The largest absolute Gasteiger partial charge is 0.481 e. The summed E-state index contributed by atoms with van der Waals surface area (Å²) in [5.74, 6) is 0.850. The van der Waals surface area contributed by atoms with Gasteiger partial charge in [-0.1, -0.05) is 25.4 Å². The minimum atomic E-state index is -0.713. The Morgan fingerprint density at radius 3 is 2.57 bits per heavy atom. The lowest BCUT2D eigenvalue weighted by molar-refractivity contribution is -0.127. The van der Waals surface area contributed by atoms with Crippen molar-refractivity contribution in [3.8, 4) is 5.75 Å². The van der Waals surface area contributed by atoms with Gasteiger partial charge in [0.2, 0.25) is 0 Å². The molecule has 1 aromatic rings. The molecule has 2 N–H and O–H groups in total. The van der Waals surface area contributed by atoms with Crippen LogP contribution in [0.3, 0.4) is 0 Å². The minimum Gasteiger partial charge on any atom is -0.481 e. The Balaban J connectivity index is 2.65. The topological polar surface area (TPSA) is 58.6 Å². The molecule has 2 unspecified atom stereocenters. The van der Waals surface area contributed by atoms with Crippen molar-refractivity contribution in [2.45, 2.75) is 46.3 Å². The van der Waals surface area contributed by atoms with Gasteiger partial charge in [-0.25, -0.2) is 0 Å². The number of hydrogen-bond donors (Lipinski definition) is 2. The molecular weight excluding hydrogens is 290 g/mol. The van der Waals surface area contributed by atoms with Crippen molar-refractivity contribution in [1.29, 1.82) is 0 Å². The average molecular weight is 314 g/mol. The summed E-state index contributed by atoms with van der Waals surface area (Å²) in [5.41, 5.74) is 0.573. The van der Waals surface area contributed by atoms with Crippen molar-refractivity contribution in [3.05, 3.63) is 28.8 Å². The molecule has 1 amide bonds. The number of halogens is 1. The van der Waals surface area contributed by atoms with Gasteiger partial charge in [-0.3, -0.25) is 4.79 Å². The summed E-state index contributed by atoms with van der Waals surface area (Å²) < 4.78 is 5.65. The fourth-order valence-corrected chi connectivity index (χ4v) is 2.01. The number of nitrogens with one attached hydrogen (secondary N) is 1. The SMILES string of the molecule is CC(C)CCNC(=O)C(C)Oc1ccc(Cl)cc1C(C)O. The van der Waals surface area contributed by atoms with E-state index in [1.807, 2.05) is 0 Å². The molecule has 1 aromatic carbocycles. The zero-order chi connectivity index (χ0) is 16.0. The van der Waals surface area contributed by atoms with E-state index in [4.69, 9.17) is 16.3 Å². The van der Waals surface area contributed by atoms with Crippen molar-refractivity contribution < 1.29 is 14.6 Å². The molecule has 0 radical (unpaired) electrons. The van der Waals surface area contributed by atoms with E-state index >= 15 is 0 Å². The number of aliphatic hydroxyl groups excluding tert-OH is 1. The molecule has 2 atom stereocenters. The van der Waals surface area contributed by atoms with Crippen LogP contribution in [0.25, 0.3) is 0 Å². The van der Waals surface area contributed by atoms with E-state index in [0.717, 1.165) is 6.42 Å². The summed E-state index contributed by atoms with van der Waals surface area (Å²) in [7, 11) is 0. The van der Waals surface area contributed by atoms with Crippen LogP contribution in [0.4, 0.5) is 0 Å². The lowest BCUT2D eigenvalue weighted by Gasteiger charge is -2.19. The lowest BCUT2D eigenvalue weighted by atomic mass is 10.1. The minimum absolute atomic E-state index is 0.165. The number of ether oxygens (including phenoxy) is 1. The molecule has 0 aliphatic heterocycles. The van der Waals surface area contributed by atoms with Gasteiger partial charge in [0.05, 0.1) is 6.10 Å². The van der Waals surface area contributed by atoms with Crippen LogP contribution in [-0.4, -0.2) is 23.7 Å².